The number of aliphatic imine (C=N–C) groups is 1. The molecule has 6 heteroatoms. The van der Waals surface area contributed by atoms with Gasteiger partial charge in [0.1, 0.15) is 24.5 Å². The lowest BCUT2D eigenvalue weighted by Gasteiger charge is -2.39. The average molecular weight is 282 g/mol. The van der Waals surface area contributed by atoms with Crippen molar-refractivity contribution in [3.05, 3.63) is 16.7 Å². The molecule has 1 aliphatic heterocycles. The number of benzene rings is 1. The summed E-state index contributed by atoms with van der Waals surface area (Å²) in [5.74, 6) is 0.830. The molecule has 1 heterocycles. The maximum atomic E-state index is 10.7. The van der Waals surface area contributed by atoms with E-state index in [0.29, 0.717) is 43.1 Å². The second-order valence-corrected chi connectivity index (χ2v) is 5.08. The minimum atomic E-state index is -0.734. The molecule has 100 valence electrons. The second-order valence-electron chi connectivity index (χ2n) is 4.70. The van der Waals surface area contributed by atoms with E-state index in [9.17, 15) is 9.90 Å². The molecular weight excluding hydrogens is 270 g/mol. The van der Waals surface area contributed by atoms with Gasteiger partial charge in [0.2, 0.25) is 6.08 Å². The van der Waals surface area contributed by atoms with Gasteiger partial charge in [-0.1, -0.05) is 11.6 Å². The minimum absolute atomic E-state index is 0.0895. The number of isocyanates is 1. The van der Waals surface area contributed by atoms with Crippen LogP contribution < -0.4 is 9.47 Å². The van der Waals surface area contributed by atoms with E-state index >= 15 is 0 Å². The van der Waals surface area contributed by atoms with Gasteiger partial charge in [-0.15, -0.1) is 0 Å². The number of aromatic hydroxyl groups is 1. The van der Waals surface area contributed by atoms with E-state index in [1.54, 1.807) is 6.08 Å². The minimum Gasteiger partial charge on any atom is -0.506 e. The highest BCUT2D eigenvalue weighted by Gasteiger charge is 2.45. The summed E-state index contributed by atoms with van der Waals surface area (Å²) in [5.41, 5.74) is -0.194. The normalized spacial score (nSPS) is 19.2. The molecule has 1 N–H and O–H groups in total. The van der Waals surface area contributed by atoms with Crippen molar-refractivity contribution < 1.29 is 19.4 Å². The van der Waals surface area contributed by atoms with Gasteiger partial charge in [-0.25, -0.2) is 4.79 Å². The van der Waals surface area contributed by atoms with Gasteiger partial charge in [0, 0.05) is 11.6 Å². The Morgan fingerprint density at radius 2 is 2.11 bits per heavy atom. The molecular formula is C13H12ClNO4. The molecule has 1 aromatic carbocycles. The van der Waals surface area contributed by atoms with Crippen LogP contribution in [0.25, 0.3) is 0 Å². The molecule has 0 amide bonds. The number of halogens is 1. The standard InChI is InChI=1S/C13H12ClNO4/c14-11-8(17)6-9-12(19-5-4-18-9)10(11)13(15-7-16)2-1-3-13/h6,17H,1-5H2. The number of hydrogen-bond donors (Lipinski definition) is 1. The van der Waals surface area contributed by atoms with Crippen molar-refractivity contribution in [2.75, 3.05) is 13.2 Å². The summed E-state index contributed by atoms with van der Waals surface area (Å²) >= 11 is 6.19. The fourth-order valence-electron chi connectivity index (χ4n) is 2.58. The van der Waals surface area contributed by atoms with E-state index in [2.05, 4.69) is 4.99 Å². The van der Waals surface area contributed by atoms with Crippen LogP contribution in [-0.4, -0.2) is 24.4 Å². The predicted octanol–water partition coefficient (Wildman–Crippen LogP) is 2.53. The third-order valence-corrected chi connectivity index (χ3v) is 4.04. The van der Waals surface area contributed by atoms with Gasteiger partial charge in [0.05, 0.1) is 5.02 Å². The molecule has 0 aromatic heterocycles. The second kappa shape index (κ2) is 4.44. The van der Waals surface area contributed by atoms with Gasteiger partial charge < -0.3 is 14.6 Å². The van der Waals surface area contributed by atoms with Crippen molar-refractivity contribution in [1.29, 1.82) is 0 Å². The average Bonchev–Trinajstić information content (AvgIpc) is 2.36. The number of rotatable bonds is 2. The third kappa shape index (κ3) is 1.78. The van der Waals surface area contributed by atoms with Gasteiger partial charge in [-0.05, 0) is 19.3 Å². The van der Waals surface area contributed by atoms with Crippen LogP contribution in [0.1, 0.15) is 24.8 Å². The molecule has 3 rings (SSSR count). The van der Waals surface area contributed by atoms with Crippen molar-refractivity contribution in [2.45, 2.75) is 24.8 Å². The number of phenols is 1. The Hall–Kier alpha value is -1.71. The lowest BCUT2D eigenvalue weighted by Crippen LogP contribution is -2.33. The monoisotopic (exact) mass is 281 g/mol. The molecule has 2 aliphatic rings. The molecule has 0 atom stereocenters. The topological polar surface area (TPSA) is 68.1 Å². The molecule has 5 nitrogen and oxygen atoms in total. The summed E-state index contributed by atoms with van der Waals surface area (Å²) in [4.78, 5) is 14.6. The first kappa shape index (κ1) is 12.3. The predicted molar refractivity (Wildman–Crippen MR) is 67.8 cm³/mol. The van der Waals surface area contributed by atoms with Crippen molar-refractivity contribution in [3.63, 3.8) is 0 Å². The highest BCUT2D eigenvalue weighted by atomic mass is 35.5. The first-order chi connectivity index (χ1) is 9.18. The number of fused-ring (bicyclic) bond motifs is 1. The van der Waals surface area contributed by atoms with Crippen molar-refractivity contribution in [2.24, 2.45) is 4.99 Å². The lowest BCUT2D eigenvalue weighted by atomic mass is 9.71. The van der Waals surface area contributed by atoms with Crippen molar-refractivity contribution in [3.8, 4) is 17.2 Å². The Labute approximate surface area is 114 Å². The molecule has 0 radical (unpaired) electrons. The van der Waals surface area contributed by atoms with E-state index in [1.165, 1.54) is 6.07 Å². The van der Waals surface area contributed by atoms with Gasteiger partial charge >= 0.3 is 0 Å². The zero-order valence-electron chi connectivity index (χ0n) is 10.1. The van der Waals surface area contributed by atoms with Crippen LogP contribution in [0.4, 0.5) is 0 Å². The number of carbonyl (C=O) groups excluding carboxylic acids is 1. The van der Waals surface area contributed by atoms with Gasteiger partial charge in [0.15, 0.2) is 11.5 Å². The van der Waals surface area contributed by atoms with E-state index in [-0.39, 0.29) is 10.8 Å². The smallest absolute Gasteiger partial charge is 0.235 e. The van der Waals surface area contributed by atoms with Gasteiger partial charge in [-0.3, -0.25) is 0 Å². The number of ether oxygens (including phenoxy) is 2. The molecule has 0 spiro atoms. The number of phenolic OH excluding ortho intramolecular Hbond substituents is 1. The molecule has 1 aliphatic carbocycles. The third-order valence-electron chi connectivity index (χ3n) is 3.66. The van der Waals surface area contributed by atoms with Gasteiger partial charge in [-0.2, -0.15) is 4.99 Å². The lowest BCUT2D eigenvalue weighted by molar-refractivity contribution is 0.159. The Kier molecular flexibility index (Phi) is 2.88. The van der Waals surface area contributed by atoms with E-state index in [4.69, 9.17) is 21.1 Å². The van der Waals surface area contributed by atoms with E-state index < -0.39 is 5.54 Å². The summed E-state index contributed by atoms with van der Waals surface area (Å²) in [6.45, 7) is 0.819. The van der Waals surface area contributed by atoms with Crippen LogP contribution in [0.15, 0.2) is 11.1 Å². The van der Waals surface area contributed by atoms with E-state index in [0.717, 1.165) is 6.42 Å². The zero-order valence-corrected chi connectivity index (χ0v) is 10.9. The summed E-state index contributed by atoms with van der Waals surface area (Å²) < 4.78 is 11.1. The Morgan fingerprint density at radius 3 is 2.74 bits per heavy atom. The van der Waals surface area contributed by atoms with Crippen molar-refractivity contribution >= 4 is 17.7 Å². The molecule has 0 bridgehead atoms. The summed E-state index contributed by atoms with van der Waals surface area (Å²) in [7, 11) is 0. The Bertz CT molecular complexity index is 576. The SMILES string of the molecule is O=C=NC1(c2c(Cl)c(O)cc3c2OCCO3)CCC1. The summed E-state index contributed by atoms with van der Waals surface area (Å²) in [5, 5.41) is 10.1. The molecule has 19 heavy (non-hydrogen) atoms. The quantitative estimate of drug-likeness (QED) is 0.668. The van der Waals surface area contributed by atoms with Crippen LogP contribution >= 0.6 is 11.6 Å². The summed E-state index contributed by atoms with van der Waals surface area (Å²) in [6, 6.07) is 1.43. The van der Waals surface area contributed by atoms with Crippen LogP contribution in [0, 0.1) is 0 Å². The van der Waals surface area contributed by atoms with Crippen molar-refractivity contribution in [1.82, 2.24) is 0 Å². The first-order valence-corrected chi connectivity index (χ1v) is 6.46. The highest BCUT2D eigenvalue weighted by molar-refractivity contribution is 6.33. The maximum absolute atomic E-state index is 10.7. The summed E-state index contributed by atoms with van der Waals surface area (Å²) in [6.07, 6.45) is 3.90. The number of nitrogens with zero attached hydrogens (tertiary/aromatic N) is 1. The molecule has 1 aromatic rings. The Balaban J connectivity index is 2.24. The fraction of sp³-hybridized carbons (Fsp3) is 0.462. The highest BCUT2D eigenvalue weighted by Crippen LogP contribution is 2.55. The molecule has 1 saturated carbocycles. The molecule has 0 saturated heterocycles. The fourth-order valence-corrected chi connectivity index (χ4v) is 2.90. The molecule has 1 fully saturated rings. The van der Waals surface area contributed by atoms with Crippen LogP contribution in [-0.2, 0) is 10.3 Å². The molecule has 0 unspecified atom stereocenters. The van der Waals surface area contributed by atoms with Gasteiger partial charge in [0.25, 0.3) is 0 Å². The largest absolute Gasteiger partial charge is 0.506 e. The van der Waals surface area contributed by atoms with E-state index in [1.807, 2.05) is 0 Å². The van der Waals surface area contributed by atoms with Crippen LogP contribution in [0.3, 0.4) is 0 Å². The number of hydrogen-bond acceptors (Lipinski definition) is 5. The Morgan fingerprint density at radius 1 is 1.37 bits per heavy atom. The zero-order chi connectivity index (χ0) is 13.5. The van der Waals surface area contributed by atoms with Crippen LogP contribution in [0.5, 0.6) is 17.2 Å². The van der Waals surface area contributed by atoms with Crippen LogP contribution in [0.2, 0.25) is 5.02 Å². The first-order valence-electron chi connectivity index (χ1n) is 6.08. The maximum Gasteiger partial charge on any atom is 0.235 e.